The molecule has 2 aromatic rings. The summed E-state index contributed by atoms with van der Waals surface area (Å²) in [5.41, 5.74) is 2.37. The van der Waals surface area contributed by atoms with Gasteiger partial charge in [0.2, 0.25) is 0 Å². The van der Waals surface area contributed by atoms with Crippen LogP contribution in [0.1, 0.15) is 18.4 Å². The maximum atomic E-state index is 12.6. The van der Waals surface area contributed by atoms with E-state index in [1.165, 1.54) is 18.4 Å². The van der Waals surface area contributed by atoms with E-state index in [-0.39, 0.29) is 0 Å². The minimum Gasteiger partial charge on any atom is -0.497 e. The number of anilines is 1. The Balaban J connectivity index is 1.21. The molecule has 4 rings (SSSR count). The van der Waals surface area contributed by atoms with E-state index in [0.29, 0.717) is 12.5 Å². The lowest BCUT2D eigenvalue weighted by atomic mass is 9.90. The third kappa shape index (κ3) is 4.67. The fourth-order valence-electron chi connectivity index (χ4n) is 3.94. The SMILES string of the molecule is COc1ccc(CC2CCN(CCS(=O)c3ccc4c(c3)OCN4)CC2)cc1. The largest absolute Gasteiger partial charge is 0.497 e. The van der Waals surface area contributed by atoms with Gasteiger partial charge in [-0.25, -0.2) is 0 Å². The molecule has 0 spiro atoms. The molecule has 0 aromatic heterocycles. The van der Waals surface area contributed by atoms with Gasteiger partial charge in [0.1, 0.15) is 11.5 Å². The molecule has 0 saturated carbocycles. The van der Waals surface area contributed by atoms with Crippen LogP contribution in [0.3, 0.4) is 0 Å². The molecule has 0 radical (unpaired) electrons. The van der Waals surface area contributed by atoms with Crippen molar-refractivity contribution in [2.24, 2.45) is 5.92 Å². The molecule has 0 bridgehead atoms. The Hall–Kier alpha value is -2.05. The molecule has 150 valence electrons. The fraction of sp³-hybridized carbons (Fsp3) is 0.455. The van der Waals surface area contributed by atoms with E-state index in [4.69, 9.17) is 9.47 Å². The molecular weight excluding hydrogens is 372 g/mol. The molecular formula is C22H28N2O3S. The maximum absolute atomic E-state index is 12.6. The summed E-state index contributed by atoms with van der Waals surface area (Å²) in [6, 6.07) is 14.2. The monoisotopic (exact) mass is 400 g/mol. The summed E-state index contributed by atoms with van der Waals surface area (Å²) in [6.45, 7) is 3.57. The highest BCUT2D eigenvalue weighted by Gasteiger charge is 2.20. The Kier molecular flexibility index (Phi) is 6.17. The summed E-state index contributed by atoms with van der Waals surface area (Å²) >= 11 is 0. The lowest BCUT2D eigenvalue weighted by Crippen LogP contribution is -2.36. The molecule has 1 fully saturated rings. The van der Waals surface area contributed by atoms with Gasteiger partial charge in [0.05, 0.1) is 23.6 Å². The number of methoxy groups -OCH3 is 1. The van der Waals surface area contributed by atoms with Gasteiger partial charge in [-0.05, 0) is 74.2 Å². The van der Waals surface area contributed by atoms with Crippen LogP contribution in [-0.2, 0) is 17.2 Å². The van der Waals surface area contributed by atoms with Gasteiger partial charge in [-0.15, -0.1) is 0 Å². The lowest BCUT2D eigenvalue weighted by Gasteiger charge is -2.31. The van der Waals surface area contributed by atoms with Crippen molar-refractivity contribution in [3.05, 3.63) is 48.0 Å². The quantitative estimate of drug-likeness (QED) is 0.771. The number of hydrogen-bond donors (Lipinski definition) is 1. The van der Waals surface area contributed by atoms with Gasteiger partial charge in [0.25, 0.3) is 0 Å². The van der Waals surface area contributed by atoms with E-state index >= 15 is 0 Å². The molecule has 0 amide bonds. The van der Waals surface area contributed by atoms with E-state index in [0.717, 1.165) is 54.1 Å². The molecule has 0 aliphatic carbocycles. The Morgan fingerprint density at radius 2 is 1.96 bits per heavy atom. The number of likely N-dealkylation sites (tertiary alicyclic amines) is 1. The Labute approximate surface area is 169 Å². The van der Waals surface area contributed by atoms with Crippen LogP contribution in [0.5, 0.6) is 11.5 Å². The number of nitrogens with zero attached hydrogens (tertiary/aromatic N) is 1. The van der Waals surface area contributed by atoms with Crippen molar-refractivity contribution in [1.82, 2.24) is 4.90 Å². The molecule has 2 heterocycles. The zero-order chi connectivity index (χ0) is 19.3. The molecule has 6 heteroatoms. The predicted octanol–water partition coefficient (Wildman–Crippen LogP) is 3.52. The Morgan fingerprint density at radius 3 is 2.71 bits per heavy atom. The van der Waals surface area contributed by atoms with Crippen LogP contribution in [0.25, 0.3) is 0 Å². The molecule has 1 N–H and O–H groups in total. The second-order valence-electron chi connectivity index (χ2n) is 7.51. The number of ether oxygens (including phenoxy) is 2. The predicted molar refractivity (Wildman–Crippen MR) is 113 cm³/mol. The lowest BCUT2D eigenvalue weighted by molar-refractivity contribution is 0.193. The second-order valence-corrected chi connectivity index (χ2v) is 9.08. The highest BCUT2D eigenvalue weighted by Crippen LogP contribution is 2.31. The summed E-state index contributed by atoms with van der Waals surface area (Å²) in [4.78, 5) is 3.31. The minimum absolute atomic E-state index is 0.497. The van der Waals surface area contributed by atoms with Crippen LogP contribution in [0.2, 0.25) is 0 Å². The number of nitrogens with one attached hydrogen (secondary N) is 1. The van der Waals surface area contributed by atoms with Gasteiger partial charge in [-0.1, -0.05) is 12.1 Å². The Morgan fingerprint density at radius 1 is 1.18 bits per heavy atom. The van der Waals surface area contributed by atoms with Crippen molar-refractivity contribution in [2.75, 3.05) is 44.5 Å². The van der Waals surface area contributed by atoms with Gasteiger partial charge in [-0.2, -0.15) is 0 Å². The van der Waals surface area contributed by atoms with Crippen molar-refractivity contribution in [2.45, 2.75) is 24.2 Å². The summed E-state index contributed by atoms with van der Waals surface area (Å²) < 4.78 is 23.4. The van der Waals surface area contributed by atoms with Crippen LogP contribution < -0.4 is 14.8 Å². The van der Waals surface area contributed by atoms with Gasteiger partial charge in [0, 0.05) is 17.2 Å². The molecule has 2 aromatic carbocycles. The normalized spacial score (nSPS) is 18.2. The molecule has 28 heavy (non-hydrogen) atoms. The van der Waals surface area contributed by atoms with E-state index in [2.05, 4.69) is 22.3 Å². The van der Waals surface area contributed by atoms with Crippen LogP contribution in [0.15, 0.2) is 47.4 Å². The molecule has 1 unspecified atom stereocenters. The average molecular weight is 401 g/mol. The Bertz CT molecular complexity index is 817. The van der Waals surface area contributed by atoms with E-state index < -0.39 is 10.8 Å². The van der Waals surface area contributed by atoms with Gasteiger partial charge in [-0.3, -0.25) is 4.21 Å². The first-order chi connectivity index (χ1) is 13.7. The second kappa shape index (κ2) is 8.97. The summed E-state index contributed by atoms with van der Waals surface area (Å²) in [7, 11) is 0.719. The highest BCUT2D eigenvalue weighted by molar-refractivity contribution is 7.85. The van der Waals surface area contributed by atoms with Crippen LogP contribution in [-0.4, -0.2) is 48.3 Å². The molecule has 1 saturated heterocycles. The van der Waals surface area contributed by atoms with E-state index in [1.54, 1.807) is 7.11 Å². The first kappa shape index (κ1) is 19.3. The topological polar surface area (TPSA) is 50.8 Å². The fourth-order valence-corrected chi connectivity index (χ4v) is 5.06. The summed E-state index contributed by atoms with van der Waals surface area (Å²) in [6.07, 6.45) is 3.54. The summed E-state index contributed by atoms with van der Waals surface area (Å²) in [5.74, 6) is 3.13. The zero-order valence-electron chi connectivity index (χ0n) is 16.4. The van der Waals surface area contributed by atoms with Crippen LogP contribution in [0, 0.1) is 5.92 Å². The van der Waals surface area contributed by atoms with Crippen molar-refractivity contribution >= 4 is 16.5 Å². The van der Waals surface area contributed by atoms with Gasteiger partial charge in [0.15, 0.2) is 6.73 Å². The number of hydrogen-bond acceptors (Lipinski definition) is 5. The van der Waals surface area contributed by atoms with Gasteiger partial charge < -0.3 is 19.7 Å². The first-order valence-electron chi connectivity index (χ1n) is 9.95. The number of piperidine rings is 1. The van der Waals surface area contributed by atoms with Crippen molar-refractivity contribution < 1.29 is 13.7 Å². The standard InChI is InChI=1S/C22H28N2O3S/c1-26-19-4-2-17(3-5-19)14-18-8-10-24(11-9-18)12-13-28(25)20-6-7-21-22(15-20)27-16-23-21/h2-7,15,18,23H,8-14,16H2,1H3. The minimum atomic E-state index is -0.982. The van der Waals surface area contributed by atoms with Crippen molar-refractivity contribution in [3.8, 4) is 11.5 Å². The smallest absolute Gasteiger partial charge is 0.159 e. The van der Waals surface area contributed by atoms with Crippen LogP contribution in [0.4, 0.5) is 5.69 Å². The first-order valence-corrected chi connectivity index (χ1v) is 11.3. The average Bonchev–Trinajstić information content (AvgIpc) is 3.21. The van der Waals surface area contributed by atoms with Crippen molar-refractivity contribution in [1.29, 1.82) is 0 Å². The third-order valence-electron chi connectivity index (χ3n) is 5.69. The summed E-state index contributed by atoms with van der Waals surface area (Å²) in [5, 5.41) is 3.14. The van der Waals surface area contributed by atoms with Crippen LogP contribution >= 0.6 is 0 Å². The maximum Gasteiger partial charge on any atom is 0.159 e. The zero-order valence-corrected chi connectivity index (χ0v) is 17.2. The number of fused-ring (bicyclic) bond motifs is 1. The van der Waals surface area contributed by atoms with E-state index in [1.807, 2.05) is 30.3 Å². The number of rotatable bonds is 7. The van der Waals surface area contributed by atoms with Gasteiger partial charge >= 0.3 is 0 Å². The highest BCUT2D eigenvalue weighted by atomic mass is 32.2. The molecule has 5 nitrogen and oxygen atoms in total. The number of benzene rings is 2. The van der Waals surface area contributed by atoms with Crippen molar-refractivity contribution in [3.63, 3.8) is 0 Å². The molecule has 2 aliphatic heterocycles. The molecule has 1 atom stereocenters. The third-order valence-corrected chi connectivity index (χ3v) is 7.02. The van der Waals surface area contributed by atoms with E-state index in [9.17, 15) is 4.21 Å². The molecule has 2 aliphatic rings.